The molecular formula is C18H31BN7O6P. The van der Waals surface area contributed by atoms with Crippen molar-refractivity contribution in [3.63, 3.8) is 0 Å². The van der Waals surface area contributed by atoms with E-state index in [2.05, 4.69) is 25.6 Å². The average Bonchev–Trinajstić information content (AvgIpc) is 3.35. The Kier molecular flexibility index (Phi) is 7.62. The third-order valence-electron chi connectivity index (χ3n) is 5.68. The summed E-state index contributed by atoms with van der Waals surface area (Å²) in [6, 6.07) is 0. The summed E-state index contributed by atoms with van der Waals surface area (Å²) < 4.78 is 24.7. The first-order chi connectivity index (χ1) is 15.9. The van der Waals surface area contributed by atoms with E-state index in [-0.39, 0.29) is 12.4 Å². The summed E-state index contributed by atoms with van der Waals surface area (Å²) in [5.74, 6) is 0.231. The summed E-state index contributed by atoms with van der Waals surface area (Å²) in [6.07, 6.45) is 3.41. The number of fused-ring (bicyclic) bond motifs is 2. The fraction of sp³-hybridized carbons (Fsp3) is 0.667. The van der Waals surface area contributed by atoms with E-state index in [1.807, 2.05) is 7.05 Å². The Morgan fingerprint density at radius 1 is 1.33 bits per heavy atom. The number of hydrogen-bond acceptors (Lipinski definition) is 11. The number of nitrogens with zero attached hydrogens (tertiary/aromatic N) is 4. The van der Waals surface area contributed by atoms with Gasteiger partial charge in [0.15, 0.2) is 0 Å². The third kappa shape index (κ3) is 5.53. The van der Waals surface area contributed by atoms with Crippen LogP contribution in [0.15, 0.2) is 12.7 Å². The van der Waals surface area contributed by atoms with Gasteiger partial charge in [0.1, 0.15) is 0 Å². The number of nitrogens with one attached hydrogen (secondary N) is 2. The molecule has 2 aliphatic rings. The number of imidazole rings is 1. The third-order valence-corrected chi connectivity index (χ3v) is 7.09. The van der Waals surface area contributed by atoms with Crippen molar-refractivity contribution in [2.24, 2.45) is 0 Å². The van der Waals surface area contributed by atoms with Crippen molar-refractivity contribution in [2.75, 3.05) is 32.5 Å². The van der Waals surface area contributed by atoms with E-state index < -0.39 is 38.5 Å². The number of hydrogen-bond donors (Lipinski definition) is 4. The van der Waals surface area contributed by atoms with Gasteiger partial charge in [-0.05, 0) is 7.05 Å². The number of anilines is 1. The molecule has 4 atom stereocenters. The van der Waals surface area contributed by atoms with E-state index in [1.165, 1.54) is 20.2 Å². The van der Waals surface area contributed by atoms with Crippen LogP contribution < -0.4 is 16.4 Å². The second-order valence-electron chi connectivity index (χ2n) is 8.25. The number of ether oxygens (including phenoxy) is 2. The Bertz CT molecular complexity index is 966. The number of amides is 1. The topological polar surface area (TPSA) is 168 Å². The van der Waals surface area contributed by atoms with Crippen LogP contribution in [0.1, 0.15) is 31.9 Å². The van der Waals surface area contributed by atoms with Gasteiger partial charge >= 0.3 is 180 Å². The van der Waals surface area contributed by atoms with Gasteiger partial charge in [-0.15, -0.1) is 0 Å². The first-order valence-electron chi connectivity index (χ1n) is 11.1. The van der Waals surface area contributed by atoms with E-state index in [1.54, 1.807) is 4.57 Å². The van der Waals surface area contributed by atoms with Crippen LogP contribution in [0.25, 0.3) is 11.2 Å². The van der Waals surface area contributed by atoms with Crippen LogP contribution >= 0.6 is 7.82 Å². The maximum absolute atomic E-state index is 12.6. The molecule has 2 aromatic heterocycles. The molecule has 2 aromatic rings. The summed E-state index contributed by atoms with van der Waals surface area (Å²) in [5.41, 5.74) is 6.75. The van der Waals surface area contributed by atoms with Gasteiger partial charge in [-0.2, -0.15) is 0 Å². The molecule has 15 heteroatoms. The van der Waals surface area contributed by atoms with E-state index in [4.69, 9.17) is 24.3 Å². The Morgan fingerprint density at radius 3 is 2.91 bits per heavy atom. The summed E-state index contributed by atoms with van der Waals surface area (Å²) >= 11 is 0. The molecule has 5 N–H and O–H groups in total. The summed E-state index contributed by atoms with van der Waals surface area (Å²) in [7, 11) is 0.0865. The molecule has 4 rings (SSSR count). The Balaban J connectivity index is 1.45. The number of unbranched alkanes of at least 4 members (excludes halogenated alkanes) is 3. The molecule has 0 saturated carbocycles. The first kappa shape index (κ1) is 24.1. The van der Waals surface area contributed by atoms with Gasteiger partial charge in [0.05, 0.1) is 0 Å². The van der Waals surface area contributed by atoms with Crippen molar-refractivity contribution >= 4 is 38.5 Å². The van der Waals surface area contributed by atoms with Crippen molar-refractivity contribution in [1.82, 2.24) is 30.2 Å². The zero-order chi connectivity index (χ0) is 23.4. The number of carbonyl (C=O) groups is 1. The van der Waals surface area contributed by atoms with Crippen molar-refractivity contribution in [2.45, 2.75) is 50.2 Å². The maximum atomic E-state index is 12.6. The predicted molar refractivity (Wildman–Crippen MR) is 124 cm³/mol. The molecule has 4 heterocycles. The summed E-state index contributed by atoms with van der Waals surface area (Å²) in [5, 5.41) is 5.90. The van der Waals surface area contributed by atoms with Crippen LogP contribution in [0.5, 0.6) is 0 Å². The predicted octanol–water partition coefficient (Wildman–Crippen LogP) is -0.369. The second kappa shape index (κ2) is 10.5. The van der Waals surface area contributed by atoms with E-state index >= 15 is 0 Å². The van der Waals surface area contributed by atoms with Crippen LogP contribution in [0.2, 0.25) is 0 Å². The number of aromatic nitrogens is 4. The number of nitrogen functional groups attached to an aromatic ring is 1. The van der Waals surface area contributed by atoms with Crippen LogP contribution in [0.4, 0.5) is 10.6 Å². The number of nitrogens with two attached hydrogens (primary N) is 1. The standard InChI is InChI=1S/C18H31BN7O6P/c1-21-6-4-2-3-5-7-22-18(27)31-14-13-11(8-29-33(19,28)32-13)30-17(14)26-10-25-12-15(20)23-9-24-16(12)26/h9-11,13-14,17,21,28,33H,2-8,19H2,1H3,(H,22,27)(H2,20,23,24)/t11-,13+,14?,17-/m1/s1. The zero-order valence-electron chi connectivity index (χ0n) is 18.8. The summed E-state index contributed by atoms with van der Waals surface area (Å²) in [4.78, 5) is 35.5. The van der Waals surface area contributed by atoms with Crippen LogP contribution in [-0.4, -0.2) is 83.1 Å². The molecule has 33 heavy (non-hydrogen) atoms. The number of carbonyl (C=O) groups excluding carboxylic acids is 1. The fourth-order valence-electron chi connectivity index (χ4n) is 4.05. The molecule has 182 valence electrons. The van der Waals surface area contributed by atoms with Crippen molar-refractivity contribution < 1.29 is 28.2 Å². The van der Waals surface area contributed by atoms with Gasteiger partial charge in [-0.25, -0.2) is 0 Å². The van der Waals surface area contributed by atoms with Crippen molar-refractivity contribution in [1.29, 1.82) is 0 Å². The molecule has 0 aliphatic carbocycles. The minimum absolute atomic E-state index is 0.123. The number of alkyl carbamates (subject to hydrolysis) is 1. The average molecular weight is 483 g/mol. The second-order valence-corrected chi connectivity index (χ2v) is 10.6. The molecule has 2 fully saturated rings. The molecule has 0 aromatic carbocycles. The molecule has 0 radical (unpaired) electrons. The molecule has 2 saturated heterocycles. The fourth-order valence-corrected chi connectivity index (χ4v) is 5.38. The van der Waals surface area contributed by atoms with Gasteiger partial charge in [-0.1, -0.05) is 0 Å². The molecule has 2 aliphatic heterocycles. The Morgan fingerprint density at radius 2 is 2.12 bits per heavy atom. The normalized spacial score (nSPS) is 27.2. The minimum atomic E-state index is -3.36. The monoisotopic (exact) mass is 483 g/mol. The zero-order valence-corrected chi connectivity index (χ0v) is 19.8. The van der Waals surface area contributed by atoms with Gasteiger partial charge in [0.25, 0.3) is 0 Å². The first-order valence-corrected chi connectivity index (χ1v) is 13.4. The molecular weight excluding hydrogens is 452 g/mol. The molecule has 0 bridgehead atoms. The SMILES string of the molecule is B[PH]1(O)OC[C@H]2O[C@@H](n3cnc4c(N)ncnc43)C(OC(=O)NCCCCCCNC)[C@H]2O1. The molecule has 0 spiro atoms. The van der Waals surface area contributed by atoms with Gasteiger partial charge in [0.2, 0.25) is 0 Å². The van der Waals surface area contributed by atoms with Crippen LogP contribution in [0, 0.1) is 0 Å². The van der Waals surface area contributed by atoms with Crippen LogP contribution in [0.3, 0.4) is 0 Å². The molecule has 1 unspecified atom stereocenters. The summed E-state index contributed by atoms with van der Waals surface area (Å²) in [6.45, 7) is 1.61. The number of rotatable bonds is 9. The quantitative estimate of drug-likeness (QED) is 0.209. The van der Waals surface area contributed by atoms with Gasteiger partial charge in [-0.3, -0.25) is 0 Å². The van der Waals surface area contributed by atoms with Gasteiger partial charge < -0.3 is 5.32 Å². The Hall–Kier alpha value is -2.09. The van der Waals surface area contributed by atoms with Crippen molar-refractivity contribution in [3.05, 3.63) is 12.7 Å². The van der Waals surface area contributed by atoms with Crippen molar-refractivity contribution in [3.8, 4) is 0 Å². The van der Waals surface area contributed by atoms with E-state index in [9.17, 15) is 9.69 Å². The molecule has 13 nitrogen and oxygen atoms in total. The van der Waals surface area contributed by atoms with E-state index in [0.29, 0.717) is 17.7 Å². The Labute approximate surface area is 192 Å². The van der Waals surface area contributed by atoms with E-state index in [0.717, 1.165) is 32.2 Å². The van der Waals surface area contributed by atoms with Crippen LogP contribution in [-0.2, 0) is 18.5 Å². The van der Waals surface area contributed by atoms with Gasteiger partial charge in [0, 0.05) is 0 Å². The molecule has 1 amide bonds.